The molecule has 3 rings (SSSR count). The Balaban J connectivity index is 1.94. The predicted molar refractivity (Wildman–Crippen MR) is 90.5 cm³/mol. The fourth-order valence-electron chi connectivity index (χ4n) is 2.27. The van der Waals surface area contributed by atoms with Gasteiger partial charge in [-0.3, -0.25) is 10.1 Å². The largest absolute Gasteiger partial charge is 0.399 e. The fourth-order valence-corrected chi connectivity index (χ4v) is 2.27. The van der Waals surface area contributed by atoms with Crippen LogP contribution in [0.3, 0.4) is 0 Å². The first-order valence-electron chi connectivity index (χ1n) is 6.96. The maximum absolute atomic E-state index is 11.0. The smallest absolute Gasteiger partial charge is 0.311 e. The Morgan fingerprint density at radius 3 is 2.48 bits per heavy atom. The van der Waals surface area contributed by atoms with Crippen LogP contribution in [-0.4, -0.2) is 9.91 Å². The molecule has 0 saturated carbocycles. The van der Waals surface area contributed by atoms with Crippen LogP contribution in [0.2, 0.25) is 0 Å². The van der Waals surface area contributed by atoms with E-state index in [0.29, 0.717) is 11.4 Å². The number of pyridine rings is 1. The van der Waals surface area contributed by atoms with E-state index in [4.69, 9.17) is 5.73 Å². The van der Waals surface area contributed by atoms with Crippen molar-refractivity contribution in [1.29, 1.82) is 0 Å². The molecule has 3 N–H and O–H groups in total. The highest BCUT2D eigenvalue weighted by atomic mass is 16.6. The molecule has 0 fully saturated rings. The van der Waals surface area contributed by atoms with Crippen LogP contribution in [0.4, 0.5) is 22.9 Å². The summed E-state index contributed by atoms with van der Waals surface area (Å²) in [6.45, 7) is 0. The molecule has 1 heterocycles. The molecule has 0 aliphatic carbocycles. The zero-order valence-corrected chi connectivity index (χ0v) is 12.1. The second-order valence-electron chi connectivity index (χ2n) is 4.96. The van der Waals surface area contributed by atoms with E-state index in [1.165, 1.54) is 18.3 Å². The Hall–Kier alpha value is -3.41. The van der Waals surface area contributed by atoms with Gasteiger partial charge in [0.15, 0.2) is 0 Å². The minimum absolute atomic E-state index is 0.0677. The molecule has 1 aromatic heterocycles. The van der Waals surface area contributed by atoms with E-state index < -0.39 is 4.92 Å². The quantitative estimate of drug-likeness (QED) is 0.432. The summed E-state index contributed by atoms with van der Waals surface area (Å²) in [5.41, 5.74) is 9.07. The zero-order chi connectivity index (χ0) is 16.2. The van der Waals surface area contributed by atoms with Crippen molar-refractivity contribution < 1.29 is 4.92 Å². The number of nitrogens with one attached hydrogen (secondary N) is 1. The lowest BCUT2D eigenvalue weighted by molar-refractivity contribution is -0.384. The van der Waals surface area contributed by atoms with Gasteiger partial charge in [0.1, 0.15) is 0 Å². The van der Waals surface area contributed by atoms with Crippen molar-refractivity contribution in [1.82, 2.24) is 4.98 Å². The van der Waals surface area contributed by atoms with Crippen LogP contribution >= 0.6 is 0 Å². The minimum atomic E-state index is -0.461. The highest BCUT2D eigenvalue weighted by Gasteiger charge is 2.14. The number of nitro groups is 1. The first kappa shape index (κ1) is 14.5. The molecule has 0 spiro atoms. The van der Waals surface area contributed by atoms with Crippen LogP contribution in [0.15, 0.2) is 66.9 Å². The van der Waals surface area contributed by atoms with E-state index in [1.54, 1.807) is 0 Å². The van der Waals surface area contributed by atoms with Crippen LogP contribution < -0.4 is 11.1 Å². The van der Waals surface area contributed by atoms with E-state index in [0.717, 1.165) is 11.1 Å². The van der Waals surface area contributed by atoms with Crippen molar-refractivity contribution >= 4 is 22.9 Å². The third-order valence-electron chi connectivity index (χ3n) is 3.33. The van der Waals surface area contributed by atoms with Gasteiger partial charge < -0.3 is 11.1 Å². The summed E-state index contributed by atoms with van der Waals surface area (Å²) in [6, 6.07) is 18.0. The van der Waals surface area contributed by atoms with Crippen molar-refractivity contribution in [2.75, 3.05) is 11.1 Å². The fraction of sp³-hybridized carbons (Fsp3) is 0. The lowest BCUT2D eigenvalue weighted by Crippen LogP contribution is -1.99. The topological polar surface area (TPSA) is 94.1 Å². The highest BCUT2D eigenvalue weighted by Crippen LogP contribution is 2.28. The summed E-state index contributed by atoms with van der Waals surface area (Å²) in [4.78, 5) is 14.6. The SMILES string of the molecule is Nc1cccc(-c2cccc(Nc3ncccc3[N+](=O)[O-])c2)c1. The van der Waals surface area contributed by atoms with Crippen LogP contribution in [0, 0.1) is 10.1 Å². The van der Waals surface area contributed by atoms with Crippen molar-refractivity contribution in [3.8, 4) is 11.1 Å². The second kappa shape index (κ2) is 6.15. The molecule has 0 bridgehead atoms. The van der Waals surface area contributed by atoms with Gasteiger partial charge in [-0.2, -0.15) is 0 Å². The maximum atomic E-state index is 11.0. The predicted octanol–water partition coefficient (Wildman–Crippen LogP) is 3.98. The molecule has 0 aliphatic rings. The first-order chi connectivity index (χ1) is 11.1. The molecular weight excluding hydrogens is 292 g/mol. The number of nitrogens with zero attached hydrogens (tertiary/aromatic N) is 2. The van der Waals surface area contributed by atoms with Crippen molar-refractivity contribution in [2.45, 2.75) is 0 Å². The zero-order valence-electron chi connectivity index (χ0n) is 12.1. The van der Waals surface area contributed by atoms with Gasteiger partial charge in [-0.1, -0.05) is 24.3 Å². The Labute approximate surface area is 132 Å². The van der Waals surface area contributed by atoms with E-state index in [2.05, 4.69) is 10.3 Å². The van der Waals surface area contributed by atoms with Gasteiger partial charge in [0.25, 0.3) is 0 Å². The monoisotopic (exact) mass is 306 g/mol. The average molecular weight is 306 g/mol. The molecule has 0 radical (unpaired) electrons. The highest BCUT2D eigenvalue weighted by molar-refractivity contribution is 5.73. The van der Waals surface area contributed by atoms with Gasteiger partial charge in [-0.05, 0) is 41.5 Å². The summed E-state index contributed by atoms with van der Waals surface area (Å²) in [5, 5.41) is 14.0. The van der Waals surface area contributed by atoms with Gasteiger partial charge >= 0.3 is 5.69 Å². The lowest BCUT2D eigenvalue weighted by atomic mass is 10.0. The van der Waals surface area contributed by atoms with Gasteiger partial charge in [-0.15, -0.1) is 0 Å². The second-order valence-corrected chi connectivity index (χ2v) is 4.96. The molecule has 3 aromatic rings. The number of aromatic nitrogens is 1. The summed E-state index contributed by atoms with van der Waals surface area (Å²) in [6.07, 6.45) is 1.51. The number of hydrogen-bond donors (Lipinski definition) is 2. The number of nitrogens with two attached hydrogens (primary N) is 1. The van der Waals surface area contributed by atoms with Crippen LogP contribution in [-0.2, 0) is 0 Å². The van der Waals surface area contributed by atoms with Gasteiger partial charge in [0, 0.05) is 23.6 Å². The molecule has 0 atom stereocenters. The summed E-state index contributed by atoms with van der Waals surface area (Å²) in [5.74, 6) is 0.210. The number of rotatable bonds is 4. The Kier molecular flexibility index (Phi) is 3.88. The van der Waals surface area contributed by atoms with Crippen LogP contribution in [0.5, 0.6) is 0 Å². The van der Waals surface area contributed by atoms with E-state index >= 15 is 0 Å². The van der Waals surface area contributed by atoms with Gasteiger partial charge in [0.05, 0.1) is 4.92 Å². The molecule has 114 valence electrons. The summed E-state index contributed by atoms with van der Waals surface area (Å²) in [7, 11) is 0. The molecule has 23 heavy (non-hydrogen) atoms. The minimum Gasteiger partial charge on any atom is -0.399 e. The molecule has 0 aliphatic heterocycles. The Morgan fingerprint density at radius 2 is 1.74 bits per heavy atom. The van der Waals surface area contributed by atoms with E-state index in [-0.39, 0.29) is 11.5 Å². The molecule has 0 amide bonds. The van der Waals surface area contributed by atoms with Gasteiger partial charge in [-0.25, -0.2) is 4.98 Å². The van der Waals surface area contributed by atoms with Gasteiger partial charge in [0.2, 0.25) is 5.82 Å². The molecular formula is C17H14N4O2. The van der Waals surface area contributed by atoms with E-state index in [1.807, 2.05) is 48.5 Å². The van der Waals surface area contributed by atoms with Crippen LogP contribution in [0.25, 0.3) is 11.1 Å². The lowest BCUT2D eigenvalue weighted by Gasteiger charge is -2.08. The molecule has 6 nitrogen and oxygen atoms in total. The average Bonchev–Trinajstić information content (AvgIpc) is 2.55. The molecule has 0 saturated heterocycles. The summed E-state index contributed by atoms with van der Waals surface area (Å²) >= 11 is 0. The number of anilines is 3. The third-order valence-corrected chi connectivity index (χ3v) is 3.33. The van der Waals surface area contributed by atoms with Crippen molar-refractivity contribution in [3.63, 3.8) is 0 Å². The van der Waals surface area contributed by atoms with E-state index in [9.17, 15) is 10.1 Å². The normalized spacial score (nSPS) is 10.3. The standard InChI is InChI=1S/C17H14N4O2/c18-14-6-1-4-12(10-14)13-5-2-7-15(11-13)20-17-16(21(22)23)8-3-9-19-17/h1-11H,18H2,(H,19,20). The maximum Gasteiger partial charge on any atom is 0.311 e. The van der Waals surface area contributed by atoms with Crippen molar-refractivity contribution in [3.05, 3.63) is 77.0 Å². The molecule has 0 unspecified atom stereocenters. The number of nitrogen functional groups attached to an aromatic ring is 1. The number of hydrogen-bond acceptors (Lipinski definition) is 5. The first-order valence-corrected chi connectivity index (χ1v) is 6.96. The third kappa shape index (κ3) is 3.26. The Bertz CT molecular complexity index is 864. The summed E-state index contributed by atoms with van der Waals surface area (Å²) < 4.78 is 0. The van der Waals surface area contributed by atoms with Crippen LogP contribution in [0.1, 0.15) is 0 Å². The molecule has 2 aromatic carbocycles. The number of benzene rings is 2. The van der Waals surface area contributed by atoms with Crippen molar-refractivity contribution in [2.24, 2.45) is 0 Å². The Morgan fingerprint density at radius 1 is 1.00 bits per heavy atom. The molecule has 6 heteroatoms.